The predicted molar refractivity (Wildman–Crippen MR) is 79.0 cm³/mol. The Bertz CT molecular complexity index is 753. The topological polar surface area (TPSA) is 69.7 Å². The third-order valence-corrected chi connectivity index (χ3v) is 4.95. The highest BCUT2D eigenvalue weighted by Crippen LogP contribution is 2.50. The molecule has 1 aromatic rings. The molecule has 2 rings (SSSR count). The van der Waals surface area contributed by atoms with Crippen molar-refractivity contribution in [3.8, 4) is 5.75 Å². The molecule has 25 heavy (non-hydrogen) atoms. The summed E-state index contributed by atoms with van der Waals surface area (Å²) in [6, 6.07) is 4.63. The van der Waals surface area contributed by atoms with Crippen LogP contribution in [0.15, 0.2) is 24.3 Å². The van der Waals surface area contributed by atoms with Gasteiger partial charge in [-0.05, 0) is 43.4 Å². The Morgan fingerprint density at radius 3 is 2.32 bits per heavy atom. The average molecular weight is 384 g/mol. The van der Waals surface area contributed by atoms with Gasteiger partial charge in [-0.3, -0.25) is 0 Å². The van der Waals surface area contributed by atoms with E-state index in [9.17, 15) is 30.8 Å². The fourth-order valence-corrected chi connectivity index (χ4v) is 3.17. The Labute approximate surface area is 142 Å². The minimum Gasteiger partial charge on any atom is -0.467 e. The number of methoxy groups -OCH3 is 1. The van der Waals surface area contributed by atoms with Gasteiger partial charge in [-0.1, -0.05) is 12.1 Å². The first-order valence-electron chi connectivity index (χ1n) is 7.28. The molecule has 2 atom stereocenters. The molecule has 10 heteroatoms. The first kappa shape index (κ1) is 19.5. The van der Waals surface area contributed by atoms with Gasteiger partial charge in [0.05, 0.1) is 7.11 Å². The first-order chi connectivity index (χ1) is 11.4. The summed E-state index contributed by atoms with van der Waals surface area (Å²) in [5, 5.41) is 0. The van der Waals surface area contributed by atoms with Gasteiger partial charge in [0.1, 0.15) is 5.75 Å². The second-order valence-corrected chi connectivity index (χ2v) is 7.48. The SMILES string of the molecule is COC(=O)C(C)(F)[C@H](c1cccc(OS(=O)(=O)C(F)(F)F)c1)C1CC1. The van der Waals surface area contributed by atoms with E-state index in [0.29, 0.717) is 12.8 Å². The van der Waals surface area contributed by atoms with Crippen LogP contribution in [0.1, 0.15) is 31.2 Å². The van der Waals surface area contributed by atoms with Crippen molar-refractivity contribution in [2.45, 2.75) is 36.9 Å². The Hall–Kier alpha value is -1.84. The third kappa shape index (κ3) is 4.05. The molecule has 0 N–H and O–H groups in total. The molecule has 5 nitrogen and oxygen atoms in total. The summed E-state index contributed by atoms with van der Waals surface area (Å²) in [6.45, 7) is 1.03. The van der Waals surface area contributed by atoms with E-state index in [-0.39, 0.29) is 11.5 Å². The molecule has 140 valence electrons. The molecule has 0 amide bonds. The second-order valence-electron chi connectivity index (χ2n) is 5.94. The molecule has 0 aromatic heterocycles. The standard InChI is InChI=1S/C15H16F4O5S/c1-14(16,13(20)23-2)12(9-6-7-9)10-4-3-5-11(8-10)24-25(21,22)15(17,18)19/h3-5,8-9,12H,6-7H2,1-2H3/t12-,14?/m0/s1. The fraction of sp³-hybridized carbons (Fsp3) is 0.533. The Balaban J connectivity index is 2.38. The van der Waals surface area contributed by atoms with Crippen molar-refractivity contribution in [2.24, 2.45) is 5.92 Å². The third-order valence-electron chi connectivity index (χ3n) is 3.97. The van der Waals surface area contributed by atoms with Gasteiger partial charge in [-0.15, -0.1) is 0 Å². The van der Waals surface area contributed by atoms with Gasteiger partial charge in [0.15, 0.2) is 0 Å². The van der Waals surface area contributed by atoms with E-state index in [2.05, 4.69) is 8.92 Å². The van der Waals surface area contributed by atoms with Crippen LogP contribution in [0.25, 0.3) is 0 Å². The number of alkyl halides is 4. The molecule has 0 radical (unpaired) electrons. The number of hydrogen-bond acceptors (Lipinski definition) is 5. The van der Waals surface area contributed by atoms with Crippen LogP contribution in [0.4, 0.5) is 17.6 Å². The van der Waals surface area contributed by atoms with Gasteiger partial charge >= 0.3 is 21.6 Å². The molecule has 0 heterocycles. The molecule has 0 bridgehead atoms. The van der Waals surface area contributed by atoms with Gasteiger partial charge < -0.3 is 8.92 Å². The van der Waals surface area contributed by atoms with Crippen molar-refractivity contribution < 1.29 is 39.7 Å². The molecule has 1 aromatic carbocycles. The average Bonchev–Trinajstić information content (AvgIpc) is 3.29. The van der Waals surface area contributed by atoms with Crippen LogP contribution in [0, 0.1) is 5.92 Å². The molecule has 0 aliphatic heterocycles. The van der Waals surface area contributed by atoms with Crippen molar-refractivity contribution in [3.63, 3.8) is 0 Å². The Morgan fingerprint density at radius 2 is 1.84 bits per heavy atom. The summed E-state index contributed by atoms with van der Waals surface area (Å²) in [5.41, 5.74) is -7.84. The van der Waals surface area contributed by atoms with Crippen LogP contribution in [0.5, 0.6) is 5.75 Å². The number of halogens is 4. The van der Waals surface area contributed by atoms with E-state index in [1.54, 1.807) is 0 Å². The summed E-state index contributed by atoms with van der Waals surface area (Å²) >= 11 is 0. The number of hydrogen-bond donors (Lipinski definition) is 0. The fourth-order valence-electron chi connectivity index (χ4n) is 2.72. The number of ether oxygens (including phenoxy) is 1. The van der Waals surface area contributed by atoms with E-state index in [4.69, 9.17) is 0 Å². The molecule has 0 saturated heterocycles. The van der Waals surface area contributed by atoms with Gasteiger partial charge in [0.2, 0.25) is 5.67 Å². The van der Waals surface area contributed by atoms with E-state index in [1.807, 2.05) is 0 Å². The van der Waals surface area contributed by atoms with Crippen molar-refractivity contribution >= 4 is 16.1 Å². The molecular weight excluding hydrogens is 368 g/mol. The molecule has 1 fully saturated rings. The lowest BCUT2D eigenvalue weighted by atomic mass is 9.81. The lowest BCUT2D eigenvalue weighted by molar-refractivity contribution is -0.155. The van der Waals surface area contributed by atoms with Crippen molar-refractivity contribution in [1.29, 1.82) is 0 Å². The second kappa shape index (κ2) is 6.47. The highest BCUT2D eigenvalue weighted by atomic mass is 32.2. The molecule has 1 saturated carbocycles. The zero-order chi connectivity index (χ0) is 19.0. The van der Waals surface area contributed by atoms with Crippen LogP contribution in [0.3, 0.4) is 0 Å². The van der Waals surface area contributed by atoms with Crippen LogP contribution in [0.2, 0.25) is 0 Å². The van der Waals surface area contributed by atoms with E-state index >= 15 is 0 Å². The lowest BCUT2D eigenvalue weighted by Crippen LogP contribution is -2.39. The van der Waals surface area contributed by atoms with Gasteiger partial charge in [0, 0.05) is 5.92 Å². The van der Waals surface area contributed by atoms with Crippen LogP contribution in [-0.2, 0) is 19.6 Å². The quantitative estimate of drug-likeness (QED) is 0.326. The zero-order valence-corrected chi connectivity index (χ0v) is 14.2. The normalized spacial score (nSPS) is 19.0. The summed E-state index contributed by atoms with van der Waals surface area (Å²) in [5.74, 6) is -2.92. The summed E-state index contributed by atoms with van der Waals surface area (Å²) < 4.78 is 83.0. The minimum atomic E-state index is -5.84. The number of benzene rings is 1. The summed E-state index contributed by atoms with van der Waals surface area (Å²) in [6.07, 6.45) is 1.26. The van der Waals surface area contributed by atoms with Gasteiger partial charge in [-0.25, -0.2) is 9.18 Å². The molecular formula is C15H16F4O5S. The molecule has 0 spiro atoms. The highest BCUT2D eigenvalue weighted by molar-refractivity contribution is 7.88. The maximum absolute atomic E-state index is 15.0. The maximum atomic E-state index is 15.0. The predicted octanol–water partition coefficient (Wildman–Crippen LogP) is 3.31. The molecule has 1 aliphatic carbocycles. The first-order valence-corrected chi connectivity index (χ1v) is 8.69. The van der Waals surface area contributed by atoms with Crippen molar-refractivity contribution in [1.82, 2.24) is 0 Å². The summed E-state index contributed by atoms with van der Waals surface area (Å²) in [7, 11) is -4.81. The van der Waals surface area contributed by atoms with Crippen LogP contribution < -0.4 is 4.18 Å². The smallest absolute Gasteiger partial charge is 0.467 e. The van der Waals surface area contributed by atoms with E-state index in [0.717, 1.165) is 26.2 Å². The molecule has 1 unspecified atom stereocenters. The van der Waals surface area contributed by atoms with E-state index in [1.165, 1.54) is 12.1 Å². The maximum Gasteiger partial charge on any atom is 0.534 e. The minimum absolute atomic E-state index is 0.160. The lowest BCUT2D eigenvalue weighted by Gasteiger charge is -2.28. The van der Waals surface area contributed by atoms with Crippen LogP contribution in [-0.4, -0.2) is 32.7 Å². The zero-order valence-electron chi connectivity index (χ0n) is 13.3. The number of esters is 1. The number of rotatable bonds is 6. The van der Waals surface area contributed by atoms with Crippen molar-refractivity contribution in [3.05, 3.63) is 29.8 Å². The number of carbonyl (C=O) groups excluding carboxylic acids is 1. The highest BCUT2D eigenvalue weighted by Gasteiger charge is 2.51. The Morgan fingerprint density at radius 1 is 1.24 bits per heavy atom. The number of carbonyl (C=O) groups is 1. The van der Waals surface area contributed by atoms with Gasteiger partial charge in [-0.2, -0.15) is 21.6 Å². The van der Waals surface area contributed by atoms with Crippen LogP contribution >= 0.6 is 0 Å². The summed E-state index contributed by atoms with van der Waals surface area (Å²) in [4.78, 5) is 11.8. The van der Waals surface area contributed by atoms with E-state index < -0.39 is 38.9 Å². The van der Waals surface area contributed by atoms with Gasteiger partial charge in [0.25, 0.3) is 0 Å². The largest absolute Gasteiger partial charge is 0.534 e. The Kier molecular flexibility index (Phi) is 5.04. The molecule has 1 aliphatic rings. The monoisotopic (exact) mass is 384 g/mol. The van der Waals surface area contributed by atoms with Crippen molar-refractivity contribution in [2.75, 3.05) is 7.11 Å².